The van der Waals surface area contributed by atoms with Gasteiger partial charge in [-0.3, -0.25) is 4.79 Å². The normalized spacial score (nSPS) is 10.3. The Kier molecular flexibility index (Phi) is 5.78. The largest absolute Gasteiger partial charge is 0.380 e. The molecule has 130 valence electrons. The van der Waals surface area contributed by atoms with E-state index < -0.39 is 5.92 Å². The Morgan fingerprint density at radius 3 is 2.08 bits per heavy atom. The number of carbonyl (C=O) groups is 1. The van der Waals surface area contributed by atoms with Crippen LogP contribution >= 0.6 is 0 Å². The molecule has 0 atom stereocenters. The molecule has 4 nitrogen and oxygen atoms in total. The zero-order chi connectivity index (χ0) is 18.2. The Labute approximate surface area is 153 Å². The van der Waals surface area contributed by atoms with Crippen LogP contribution in [0.25, 0.3) is 0 Å². The average molecular weight is 343 g/mol. The molecule has 4 heteroatoms. The lowest BCUT2D eigenvalue weighted by Crippen LogP contribution is -2.22. The molecule has 0 aliphatic rings. The van der Waals surface area contributed by atoms with Gasteiger partial charge in [0.05, 0.1) is 17.8 Å². The minimum absolute atomic E-state index is 0.110. The van der Waals surface area contributed by atoms with E-state index in [4.69, 9.17) is 0 Å². The number of rotatable bonds is 7. The smallest absolute Gasteiger partial charge is 0.237 e. The van der Waals surface area contributed by atoms with Gasteiger partial charge in [-0.2, -0.15) is 0 Å². The molecular weight excluding hydrogens is 322 g/mol. The van der Waals surface area contributed by atoms with Gasteiger partial charge in [0, 0.05) is 6.54 Å². The van der Waals surface area contributed by atoms with Crippen molar-refractivity contribution in [2.75, 3.05) is 17.2 Å². The van der Waals surface area contributed by atoms with Gasteiger partial charge in [-0.05, 0) is 23.3 Å². The first-order valence-electron chi connectivity index (χ1n) is 8.49. The number of carbonyl (C=O) groups excluding carboxylic acids is 1. The van der Waals surface area contributed by atoms with Crippen LogP contribution in [0.15, 0.2) is 91.6 Å². The highest BCUT2D eigenvalue weighted by Gasteiger charge is 2.22. The number of amides is 1. The molecule has 0 aliphatic carbocycles. The highest BCUT2D eigenvalue weighted by atomic mass is 16.1. The quantitative estimate of drug-likeness (QED) is 0.623. The van der Waals surface area contributed by atoms with Gasteiger partial charge in [-0.25, -0.2) is 4.98 Å². The van der Waals surface area contributed by atoms with E-state index in [1.165, 1.54) is 0 Å². The van der Waals surface area contributed by atoms with E-state index in [9.17, 15) is 4.79 Å². The van der Waals surface area contributed by atoms with Crippen molar-refractivity contribution in [1.82, 2.24) is 4.98 Å². The Hall–Kier alpha value is -3.40. The van der Waals surface area contributed by atoms with Crippen LogP contribution in [0.5, 0.6) is 0 Å². The monoisotopic (exact) mass is 343 g/mol. The van der Waals surface area contributed by atoms with Gasteiger partial charge in [0.15, 0.2) is 0 Å². The van der Waals surface area contributed by atoms with Gasteiger partial charge in [-0.15, -0.1) is 6.58 Å². The Morgan fingerprint density at radius 1 is 0.962 bits per heavy atom. The fraction of sp³-hybridized carbons (Fsp3) is 0.0909. The first-order chi connectivity index (χ1) is 12.8. The van der Waals surface area contributed by atoms with Crippen molar-refractivity contribution in [1.29, 1.82) is 0 Å². The second-order valence-electron chi connectivity index (χ2n) is 5.85. The summed E-state index contributed by atoms with van der Waals surface area (Å²) in [5.74, 6) is 0.0236. The van der Waals surface area contributed by atoms with Crippen LogP contribution in [-0.2, 0) is 4.79 Å². The maximum atomic E-state index is 13.0. The summed E-state index contributed by atoms with van der Waals surface area (Å²) in [6.45, 7) is 4.33. The van der Waals surface area contributed by atoms with E-state index >= 15 is 0 Å². The highest BCUT2D eigenvalue weighted by molar-refractivity contribution is 5.97. The molecule has 0 unspecified atom stereocenters. The van der Waals surface area contributed by atoms with Gasteiger partial charge >= 0.3 is 0 Å². The lowest BCUT2D eigenvalue weighted by molar-refractivity contribution is -0.116. The zero-order valence-electron chi connectivity index (χ0n) is 14.4. The molecule has 0 saturated heterocycles. The summed E-state index contributed by atoms with van der Waals surface area (Å²) in [5, 5.41) is 6.08. The topological polar surface area (TPSA) is 54.0 Å². The molecule has 1 heterocycles. The van der Waals surface area contributed by atoms with Crippen molar-refractivity contribution in [3.05, 3.63) is 103 Å². The van der Waals surface area contributed by atoms with Crippen LogP contribution < -0.4 is 10.6 Å². The van der Waals surface area contributed by atoms with Gasteiger partial charge in [0.1, 0.15) is 5.82 Å². The van der Waals surface area contributed by atoms with Crippen LogP contribution in [0.3, 0.4) is 0 Å². The van der Waals surface area contributed by atoms with Crippen molar-refractivity contribution in [3.63, 3.8) is 0 Å². The molecule has 2 N–H and O–H groups in total. The Balaban J connectivity index is 1.81. The first kappa shape index (κ1) is 17.4. The molecule has 0 bridgehead atoms. The molecule has 0 aliphatic heterocycles. The molecule has 0 saturated carbocycles. The number of nitrogens with zero attached hydrogens (tertiary/aromatic N) is 1. The summed E-state index contributed by atoms with van der Waals surface area (Å²) in [7, 11) is 0. The summed E-state index contributed by atoms with van der Waals surface area (Å²) in [6.07, 6.45) is 3.47. The summed E-state index contributed by atoms with van der Waals surface area (Å²) < 4.78 is 0. The SMILES string of the molecule is C=CCNc1ccc(NC(=O)C(c2ccccc2)c2ccccc2)nc1. The van der Waals surface area contributed by atoms with Gasteiger partial charge < -0.3 is 10.6 Å². The molecule has 3 aromatic rings. The third kappa shape index (κ3) is 4.36. The lowest BCUT2D eigenvalue weighted by Gasteiger charge is -2.17. The van der Waals surface area contributed by atoms with E-state index in [1.807, 2.05) is 66.7 Å². The minimum Gasteiger partial charge on any atom is -0.380 e. The third-order valence-electron chi connectivity index (χ3n) is 3.99. The fourth-order valence-corrected chi connectivity index (χ4v) is 2.75. The highest BCUT2D eigenvalue weighted by Crippen LogP contribution is 2.26. The Bertz CT molecular complexity index is 806. The molecule has 0 fully saturated rings. The molecule has 1 amide bonds. The van der Waals surface area contributed by atoms with Crippen LogP contribution in [-0.4, -0.2) is 17.4 Å². The zero-order valence-corrected chi connectivity index (χ0v) is 14.4. The van der Waals surface area contributed by atoms with Crippen molar-refractivity contribution in [2.24, 2.45) is 0 Å². The van der Waals surface area contributed by atoms with Gasteiger partial charge in [0.2, 0.25) is 5.91 Å². The van der Waals surface area contributed by atoms with Crippen LogP contribution in [0.1, 0.15) is 17.0 Å². The summed E-state index contributed by atoms with van der Waals surface area (Å²) in [6, 6.07) is 23.2. The third-order valence-corrected chi connectivity index (χ3v) is 3.99. The minimum atomic E-state index is -0.391. The van der Waals surface area contributed by atoms with E-state index in [1.54, 1.807) is 18.3 Å². The van der Waals surface area contributed by atoms with Crippen molar-refractivity contribution in [2.45, 2.75) is 5.92 Å². The van der Waals surface area contributed by atoms with Crippen LogP contribution in [0.4, 0.5) is 11.5 Å². The average Bonchev–Trinajstić information content (AvgIpc) is 2.69. The van der Waals surface area contributed by atoms with Gasteiger partial charge in [-0.1, -0.05) is 66.7 Å². The lowest BCUT2D eigenvalue weighted by atomic mass is 9.90. The predicted octanol–water partition coefficient (Wildman–Crippen LogP) is 4.45. The number of hydrogen-bond acceptors (Lipinski definition) is 3. The fourth-order valence-electron chi connectivity index (χ4n) is 2.75. The molecule has 2 aromatic carbocycles. The summed E-state index contributed by atoms with van der Waals surface area (Å²) in [5.41, 5.74) is 2.77. The van der Waals surface area contributed by atoms with E-state index in [-0.39, 0.29) is 5.91 Å². The van der Waals surface area contributed by atoms with E-state index in [2.05, 4.69) is 22.2 Å². The summed E-state index contributed by atoms with van der Waals surface area (Å²) >= 11 is 0. The number of nitrogens with one attached hydrogen (secondary N) is 2. The number of pyridine rings is 1. The molecule has 26 heavy (non-hydrogen) atoms. The number of anilines is 2. The van der Waals surface area contributed by atoms with Crippen LogP contribution in [0.2, 0.25) is 0 Å². The molecule has 1 aromatic heterocycles. The first-order valence-corrected chi connectivity index (χ1v) is 8.49. The number of aromatic nitrogens is 1. The van der Waals surface area contributed by atoms with Crippen molar-refractivity contribution < 1.29 is 4.79 Å². The molecule has 3 rings (SSSR count). The number of hydrogen-bond donors (Lipinski definition) is 2. The number of benzene rings is 2. The Morgan fingerprint density at radius 2 is 1.58 bits per heavy atom. The second kappa shape index (κ2) is 8.62. The van der Waals surface area contributed by atoms with Gasteiger partial charge in [0.25, 0.3) is 0 Å². The predicted molar refractivity (Wildman–Crippen MR) is 106 cm³/mol. The van der Waals surface area contributed by atoms with Crippen LogP contribution in [0, 0.1) is 0 Å². The second-order valence-corrected chi connectivity index (χ2v) is 5.85. The van der Waals surface area contributed by atoms with E-state index in [0.29, 0.717) is 12.4 Å². The van der Waals surface area contributed by atoms with Crippen molar-refractivity contribution >= 4 is 17.4 Å². The summed E-state index contributed by atoms with van der Waals surface area (Å²) in [4.78, 5) is 17.3. The molecule has 0 radical (unpaired) electrons. The standard InChI is InChI=1S/C22H21N3O/c1-2-15-23-19-13-14-20(24-16-19)25-22(26)21(17-9-5-3-6-10-17)18-11-7-4-8-12-18/h2-14,16,21,23H,1,15H2,(H,24,25,26). The molecular formula is C22H21N3O. The maximum absolute atomic E-state index is 13.0. The maximum Gasteiger partial charge on any atom is 0.237 e. The molecule has 0 spiro atoms. The van der Waals surface area contributed by atoms with E-state index in [0.717, 1.165) is 16.8 Å². The van der Waals surface area contributed by atoms with Crippen molar-refractivity contribution in [3.8, 4) is 0 Å².